The number of benzene rings is 1. The minimum Gasteiger partial charge on any atom is -0.460 e. The lowest BCUT2D eigenvalue weighted by Gasteiger charge is -2.32. The third-order valence-corrected chi connectivity index (χ3v) is 7.87. The van der Waals surface area contributed by atoms with Crippen LogP contribution >= 0.6 is 0 Å². The van der Waals surface area contributed by atoms with Crippen molar-refractivity contribution in [3.63, 3.8) is 0 Å². The molecular weight excluding hydrogens is 446 g/mol. The number of esters is 1. The van der Waals surface area contributed by atoms with Crippen LogP contribution in [0.2, 0.25) is 0 Å². The molecule has 0 radical (unpaired) electrons. The second-order valence-electron chi connectivity index (χ2n) is 8.30. The Hall–Kier alpha value is -2.85. The van der Waals surface area contributed by atoms with Crippen molar-refractivity contribution in [2.24, 2.45) is 5.92 Å². The molecule has 1 aromatic heterocycles. The minimum atomic E-state index is -3.88. The summed E-state index contributed by atoms with van der Waals surface area (Å²) in [7, 11) is -3.88. The first-order valence-corrected chi connectivity index (χ1v) is 12.7. The van der Waals surface area contributed by atoms with Gasteiger partial charge in [-0.1, -0.05) is 18.2 Å². The van der Waals surface area contributed by atoms with Crippen molar-refractivity contribution in [2.45, 2.75) is 37.3 Å². The highest BCUT2D eigenvalue weighted by atomic mass is 32.2. The number of ether oxygens (including phenoxy) is 1. The van der Waals surface area contributed by atoms with Gasteiger partial charge in [-0.3, -0.25) is 4.79 Å². The van der Waals surface area contributed by atoms with Gasteiger partial charge in [0.25, 0.3) is 10.0 Å². The molecule has 2 aliphatic rings. The number of carbonyl (C=O) groups is 2. The van der Waals surface area contributed by atoms with Crippen LogP contribution < -0.4 is 5.32 Å². The van der Waals surface area contributed by atoms with Crippen LogP contribution in [0.3, 0.4) is 0 Å². The van der Waals surface area contributed by atoms with Crippen molar-refractivity contribution in [2.75, 3.05) is 38.1 Å². The minimum absolute atomic E-state index is 0.0898. The van der Waals surface area contributed by atoms with E-state index in [1.165, 1.54) is 16.4 Å². The van der Waals surface area contributed by atoms with E-state index in [0.29, 0.717) is 25.9 Å². The smallest absolute Gasteiger partial charge is 0.374 e. The second kappa shape index (κ2) is 9.96. The molecule has 1 atom stereocenters. The molecule has 1 N–H and O–H groups in total. The van der Waals surface area contributed by atoms with Gasteiger partial charge >= 0.3 is 5.97 Å². The van der Waals surface area contributed by atoms with Crippen LogP contribution in [0.1, 0.15) is 36.7 Å². The summed E-state index contributed by atoms with van der Waals surface area (Å²) in [6.45, 7) is 3.64. The Balaban J connectivity index is 1.30. The number of carbonyl (C=O) groups excluding carboxylic acids is 2. The summed E-state index contributed by atoms with van der Waals surface area (Å²) < 4.78 is 37.2. The van der Waals surface area contributed by atoms with Crippen molar-refractivity contribution < 1.29 is 27.2 Å². The van der Waals surface area contributed by atoms with Crippen molar-refractivity contribution in [3.8, 4) is 0 Å². The summed E-state index contributed by atoms with van der Waals surface area (Å²) >= 11 is 0. The fraction of sp³-hybridized carbons (Fsp3) is 0.478. The van der Waals surface area contributed by atoms with E-state index in [-0.39, 0.29) is 48.4 Å². The number of para-hydroxylation sites is 1. The van der Waals surface area contributed by atoms with Crippen LogP contribution in [0.15, 0.2) is 52.0 Å². The van der Waals surface area contributed by atoms with Crippen molar-refractivity contribution in [1.82, 2.24) is 9.21 Å². The molecule has 9 nitrogen and oxygen atoms in total. The number of anilines is 1. The van der Waals surface area contributed by atoms with E-state index >= 15 is 0 Å². The molecule has 0 aliphatic carbocycles. The van der Waals surface area contributed by atoms with Crippen molar-refractivity contribution in [1.29, 1.82) is 0 Å². The van der Waals surface area contributed by atoms with Gasteiger partial charge in [0, 0.05) is 43.8 Å². The van der Waals surface area contributed by atoms with Crippen LogP contribution in [-0.4, -0.2) is 68.3 Å². The molecule has 10 heteroatoms. The maximum Gasteiger partial charge on any atom is 0.374 e. The van der Waals surface area contributed by atoms with Gasteiger partial charge in [-0.25, -0.2) is 13.2 Å². The summed E-state index contributed by atoms with van der Waals surface area (Å²) in [5, 5.41) is 3.18. The highest BCUT2D eigenvalue weighted by Gasteiger charge is 2.37. The van der Waals surface area contributed by atoms with Gasteiger partial charge in [0.1, 0.15) is 0 Å². The standard InChI is InChI=1S/C23H29N3O6S/c1-2-31-23(28)20-8-9-21(32-20)33(29,30)26-14-10-17(11-15-26)22(27)25-13-12-19(16-25)24-18-6-4-3-5-7-18/h3-9,17,19,24H,2,10-16H2,1H3. The largest absolute Gasteiger partial charge is 0.460 e. The average molecular weight is 476 g/mol. The van der Waals surface area contributed by atoms with E-state index in [0.717, 1.165) is 12.1 Å². The zero-order valence-electron chi connectivity index (χ0n) is 18.6. The van der Waals surface area contributed by atoms with Gasteiger partial charge in [0.05, 0.1) is 6.61 Å². The maximum absolute atomic E-state index is 13.0. The molecule has 178 valence electrons. The van der Waals surface area contributed by atoms with Crippen LogP contribution in [0.25, 0.3) is 0 Å². The molecule has 0 spiro atoms. The van der Waals surface area contributed by atoms with Gasteiger partial charge in [-0.05, 0) is 50.5 Å². The summed E-state index contributed by atoms with van der Waals surface area (Å²) in [4.78, 5) is 26.7. The van der Waals surface area contributed by atoms with Crippen LogP contribution in [-0.2, 0) is 19.6 Å². The zero-order valence-corrected chi connectivity index (χ0v) is 19.4. The number of piperidine rings is 1. The molecular formula is C23H29N3O6S. The number of hydrogen-bond acceptors (Lipinski definition) is 7. The molecule has 1 aromatic carbocycles. The zero-order chi connectivity index (χ0) is 23.4. The first-order chi connectivity index (χ1) is 15.9. The average Bonchev–Trinajstić information content (AvgIpc) is 3.50. The number of hydrogen-bond donors (Lipinski definition) is 1. The molecule has 2 fully saturated rings. The fourth-order valence-corrected chi connectivity index (χ4v) is 5.73. The predicted octanol–water partition coefficient (Wildman–Crippen LogP) is 2.57. The van der Waals surface area contributed by atoms with Gasteiger partial charge in [-0.15, -0.1) is 0 Å². The Morgan fingerprint density at radius 1 is 1.06 bits per heavy atom. The molecule has 0 bridgehead atoms. The Kier molecular flexibility index (Phi) is 7.04. The monoisotopic (exact) mass is 475 g/mol. The SMILES string of the molecule is CCOC(=O)c1ccc(S(=O)(=O)N2CCC(C(=O)N3CCC(Nc4ccccc4)C3)CC2)o1. The van der Waals surface area contributed by atoms with Crippen LogP contribution in [0, 0.1) is 5.92 Å². The number of likely N-dealkylation sites (tertiary alicyclic amines) is 1. The van der Waals surface area contributed by atoms with Crippen molar-refractivity contribution >= 4 is 27.6 Å². The van der Waals surface area contributed by atoms with Gasteiger partial charge in [0.15, 0.2) is 0 Å². The lowest BCUT2D eigenvalue weighted by atomic mass is 9.96. The van der Waals surface area contributed by atoms with E-state index in [4.69, 9.17) is 9.15 Å². The third-order valence-electron chi connectivity index (χ3n) is 6.10. The Labute approximate surface area is 193 Å². The maximum atomic E-state index is 13.0. The third kappa shape index (κ3) is 5.22. The van der Waals surface area contributed by atoms with E-state index < -0.39 is 16.0 Å². The number of sulfonamides is 1. The van der Waals surface area contributed by atoms with Crippen LogP contribution in [0.4, 0.5) is 5.69 Å². The molecule has 1 unspecified atom stereocenters. The highest BCUT2D eigenvalue weighted by molar-refractivity contribution is 7.89. The van der Waals surface area contributed by atoms with Gasteiger partial charge < -0.3 is 19.4 Å². The topological polar surface area (TPSA) is 109 Å². The highest BCUT2D eigenvalue weighted by Crippen LogP contribution is 2.27. The number of nitrogens with zero attached hydrogens (tertiary/aromatic N) is 2. The molecule has 33 heavy (non-hydrogen) atoms. The van der Waals surface area contributed by atoms with Crippen LogP contribution in [0.5, 0.6) is 0 Å². The van der Waals surface area contributed by atoms with Crippen molar-refractivity contribution in [3.05, 3.63) is 48.2 Å². The predicted molar refractivity (Wildman–Crippen MR) is 121 cm³/mol. The number of nitrogens with one attached hydrogen (secondary N) is 1. The first-order valence-electron chi connectivity index (χ1n) is 11.3. The van der Waals surface area contributed by atoms with E-state index in [1.54, 1.807) is 6.92 Å². The summed E-state index contributed by atoms with van der Waals surface area (Å²) in [5.41, 5.74) is 1.04. The molecule has 3 heterocycles. The first kappa shape index (κ1) is 23.3. The molecule has 1 amide bonds. The molecule has 0 saturated carbocycles. The normalized spacial score (nSPS) is 20.0. The molecule has 2 aromatic rings. The molecule has 2 saturated heterocycles. The lowest BCUT2D eigenvalue weighted by molar-refractivity contribution is -0.135. The molecule has 2 aliphatic heterocycles. The summed E-state index contributed by atoms with van der Waals surface area (Å²) in [6.07, 6.45) is 1.79. The number of rotatable bonds is 7. The summed E-state index contributed by atoms with van der Waals surface area (Å²) in [6, 6.07) is 12.7. The van der Waals surface area contributed by atoms with E-state index in [1.807, 2.05) is 35.2 Å². The Morgan fingerprint density at radius 2 is 1.79 bits per heavy atom. The van der Waals surface area contributed by atoms with Gasteiger partial charge in [0.2, 0.25) is 16.8 Å². The quantitative estimate of drug-likeness (QED) is 0.613. The Bertz CT molecular complexity index is 1080. The van der Waals surface area contributed by atoms with Gasteiger partial charge in [-0.2, -0.15) is 4.31 Å². The van der Waals surface area contributed by atoms with E-state index in [2.05, 4.69) is 5.32 Å². The summed E-state index contributed by atoms with van der Waals surface area (Å²) in [5.74, 6) is -0.951. The number of furan rings is 1. The Morgan fingerprint density at radius 3 is 2.48 bits per heavy atom. The van der Waals surface area contributed by atoms with E-state index in [9.17, 15) is 18.0 Å². The molecule has 4 rings (SSSR count). The second-order valence-corrected chi connectivity index (χ2v) is 10.2. The lowest BCUT2D eigenvalue weighted by Crippen LogP contribution is -2.44. The number of amides is 1. The fourth-order valence-electron chi connectivity index (χ4n) is 4.35.